The maximum atomic E-state index is 12.9. The summed E-state index contributed by atoms with van der Waals surface area (Å²) < 4.78 is 41.1. The molecule has 0 atom stereocenters. The summed E-state index contributed by atoms with van der Waals surface area (Å²) in [4.78, 5) is 14.5. The fraction of sp³-hybridized carbons (Fsp3) is 0.562. The van der Waals surface area contributed by atoms with Gasteiger partial charge in [-0.15, -0.1) is 0 Å². The molecule has 0 radical (unpaired) electrons. The second kappa shape index (κ2) is 7.92. The van der Waals surface area contributed by atoms with Crippen LogP contribution in [0.1, 0.15) is 23.2 Å². The molecular weight excluding hydrogens is 348 g/mol. The average molecular weight is 372 g/mol. The lowest BCUT2D eigenvalue weighted by atomic mass is 10.0. The minimum Gasteiger partial charge on any atom is -0.493 e. The molecule has 1 saturated heterocycles. The predicted molar refractivity (Wildman–Crippen MR) is 93.0 cm³/mol. The molecule has 0 saturated carbocycles. The fourth-order valence-corrected chi connectivity index (χ4v) is 3.78. The number of hydrogen-bond acceptors (Lipinski definition) is 6. The largest absolute Gasteiger partial charge is 0.493 e. The lowest BCUT2D eigenvalue weighted by molar-refractivity contribution is 0.0707. The van der Waals surface area contributed by atoms with Crippen molar-refractivity contribution in [3.8, 4) is 17.2 Å². The second-order valence-electron chi connectivity index (χ2n) is 5.84. The first kappa shape index (κ1) is 19.3. The minimum atomic E-state index is -3.24. The molecule has 1 fully saturated rings. The van der Waals surface area contributed by atoms with E-state index in [1.165, 1.54) is 21.3 Å². The van der Waals surface area contributed by atoms with Gasteiger partial charge in [0.2, 0.25) is 15.8 Å². The number of nitrogens with zero attached hydrogens (tertiary/aromatic N) is 1. The first-order valence-electron chi connectivity index (χ1n) is 7.86. The van der Waals surface area contributed by atoms with Gasteiger partial charge in [-0.05, 0) is 25.0 Å². The molecule has 0 bridgehead atoms. The van der Waals surface area contributed by atoms with Crippen molar-refractivity contribution in [1.29, 1.82) is 0 Å². The van der Waals surface area contributed by atoms with Crippen LogP contribution in [0.25, 0.3) is 0 Å². The third-order valence-corrected chi connectivity index (χ3v) is 4.86. The van der Waals surface area contributed by atoms with Gasteiger partial charge in [0.05, 0.1) is 33.1 Å². The van der Waals surface area contributed by atoms with E-state index in [0.29, 0.717) is 48.7 Å². The maximum Gasteiger partial charge on any atom is 0.257 e. The summed E-state index contributed by atoms with van der Waals surface area (Å²) in [6, 6.07) is 3.15. The van der Waals surface area contributed by atoms with E-state index in [0.717, 1.165) is 6.26 Å². The highest BCUT2D eigenvalue weighted by Gasteiger charge is 2.28. The number of amides is 1. The molecule has 1 aromatic carbocycles. The molecule has 0 unspecified atom stereocenters. The van der Waals surface area contributed by atoms with Crippen molar-refractivity contribution in [2.45, 2.75) is 18.9 Å². The molecule has 140 valence electrons. The molecule has 25 heavy (non-hydrogen) atoms. The van der Waals surface area contributed by atoms with Crippen LogP contribution in [0.2, 0.25) is 0 Å². The summed E-state index contributed by atoms with van der Waals surface area (Å²) >= 11 is 0. The van der Waals surface area contributed by atoms with Crippen LogP contribution in [0.4, 0.5) is 0 Å². The molecule has 0 spiro atoms. The van der Waals surface area contributed by atoms with Gasteiger partial charge in [0, 0.05) is 19.1 Å². The number of carbonyl (C=O) groups excluding carboxylic acids is 1. The number of methoxy groups -OCH3 is 3. The second-order valence-corrected chi connectivity index (χ2v) is 7.62. The maximum absolute atomic E-state index is 12.9. The van der Waals surface area contributed by atoms with Crippen LogP contribution >= 0.6 is 0 Å². The number of nitrogens with one attached hydrogen (secondary N) is 1. The first-order chi connectivity index (χ1) is 11.8. The third-order valence-electron chi connectivity index (χ3n) is 4.10. The zero-order valence-corrected chi connectivity index (χ0v) is 15.7. The topological polar surface area (TPSA) is 94.2 Å². The lowest BCUT2D eigenvalue weighted by Gasteiger charge is -2.32. The van der Waals surface area contributed by atoms with Crippen molar-refractivity contribution in [3.63, 3.8) is 0 Å². The minimum absolute atomic E-state index is 0.147. The molecular formula is C16H24N2O6S. The van der Waals surface area contributed by atoms with E-state index in [1.54, 1.807) is 17.0 Å². The molecule has 8 nitrogen and oxygen atoms in total. The summed E-state index contributed by atoms with van der Waals surface area (Å²) in [5, 5.41) is 0. The molecule has 1 amide bonds. The number of rotatable bonds is 6. The van der Waals surface area contributed by atoms with Crippen molar-refractivity contribution in [1.82, 2.24) is 9.62 Å². The van der Waals surface area contributed by atoms with Gasteiger partial charge in [-0.2, -0.15) is 0 Å². The van der Waals surface area contributed by atoms with E-state index < -0.39 is 10.0 Å². The Morgan fingerprint density at radius 2 is 1.68 bits per heavy atom. The van der Waals surface area contributed by atoms with Crippen LogP contribution in [-0.2, 0) is 10.0 Å². The van der Waals surface area contributed by atoms with Crippen molar-refractivity contribution in [3.05, 3.63) is 17.7 Å². The summed E-state index contributed by atoms with van der Waals surface area (Å²) in [6.45, 7) is 0.924. The van der Waals surface area contributed by atoms with Gasteiger partial charge in [0.15, 0.2) is 11.5 Å². The van der Waals surface area contributed by atoms with E-state index in [9.17, 15) is 13.2 Å². The smallest absolute Gasteiger partial charge is 0.257 e. The molecule has 9 heteroatoms. The van der Waals surface area contributed by atoms with Crippen molar-refractivity contribution in [2.75, 3.05) is 40.7 Å². The highest BCUT2D eigenvalue weighted by molar-refractivity contribution is 7.88. The summed E-state index contributed by atoms with van der Waals surface area (Å²) in [6.07, 6.45) is 2.27. The van der Waals surface area contributed by atoms with Crippen LogP contribution in [0, 0.1) is 0 Å². The van der Waals surface area contributed by atoms with E-state index in [1.807, 2.05) is 0 Å². The normalized spacial score (nSPS) is 15.8. The highest BCUT2D eigenvalue weighted by Crippen LogP contribution is 2.40. The zero-order chi connectivity index (χ0) is 18.6. The van der Waals surface area contributed by atoms with E-state index >= 15 is 0 Å². The van der Waals surface area contributed by atoms with Gasteiger partial charge in [-0.1, -0.05) is 0 Å². The molecule has 0 aliphatic carbocycles. The zero-order valence-electron chi connectivity index (χ0n) is 14.9. The van der Waals surface area contributed by atoms with Crippen LogP contribution in [0.3, 0.4) is 0 Å². The Morgan fingerprint density at radius 1 is 1.08 bits per heavy atom. The number of ether oxygens (including phenoxy) is 3. The van der Waals surface area contributed by atoms with Crippen LogP contribution in [0.15, 0.2) is 12.1 Å². The fourth-order valence-electron chi connectivity index (χ4n) is 2.94. The number of benzene rings is 1. The number of carbonyl (C=O) groups is 1. The van der Waals surface area contributed by atoms with Crippen LogP contribution < -0.4 is 18.9 Å². The Labute approximate surface area is 148 Å². The summed E-state index contributed by atoms with van der Waals surface area (Å²) in [5.41, 5.74) is 0.384. The number of piperidine rings is 1. The van der Waals surface area contributed by atoms with Crippen molar-refractivity contribution >= 4 is 15.9 Å². The highest BCUT2D eigenvalue weighted by atomic mass is 32.2. The monoisotopic (exact) mass is 372 g/mol. The molecule has 1 heterocycles. The first-order valence-corrected chi connectivity index (χ1v) is 9.75. The van der Waals surface area contributed by atoms with Crippen LogP contribution in [0.5, 0.6) is 17.2 Å². The summed E-state index contributed by atoms with van der Waals surface area (Å²) in [7, 11) is 1.22. The molecule has 1 aromatic rings. The van der Waals surface area contributed by atoms with Crippen LogP contribution in [-0.4, -0.2) is 65.9 Å². The van der Waals surface area contributed by atoms with E-state index in [2.05, 4.69) is 4.72 Å². The Bertz CT molecular complexity index is 726. The van der Waals surface area contributed by atoms with Gasteiger partial charge in [-0.3, -0.25) is 4.79 Å². The Hall–Kier alpha value is -2.00. The van der Waals surface area contributed by atoms with Gasteiger partial charge in [-0.25, -0.2) is 13.1 Å². The third kappa shape index (κ3) is 4.55. The molecule has 1 aliphatic rings. The van der Waals surface area contributed by atoms with Gasteiger partial charge < -0.3 is 19.1 Å². The average Bonchev–Trinajstić information content (AvgIpc) is 2.58. The number of likely N-dealkylation sites (tertiary alicyclic amines) is 1. The van der Waals surface area contributed by atoms with Crippen molar-refractivity contribution in [2.24, 2.45) is 0 Å². The van der Waals surface area contributed by atoms with Gasteiger partial charge in [0.25, 0.3) is 5.91 Å². The van der Waals surface area contributed by atoms with Gasteiger partial charge in [0.1, 0.15) is 0 Å². The molecule has 0 aromatic heterocycles. The Kier molecular flexibility index (Phi) is 6.12. The summed E-state index contributed by atoms with van der Waals surface area (Å²) in [5.74, 6) is 0.982. The SMILES string of the molecule is COc1ccc(C(=O)N2CCC(NS(C)(=O)=O)CC2)c(OC)c1OC. The number of sulfonamides is 1. The standard InChI is InChI=1S/C16H24N2O6S/c1-22-13-6-5-12(14(23-2)15(13)24-3)16(19)18-9-7-11(8-10-18)17-25(4,20)21/h5-6,11,17H,7-10H2,1-4H3. The van der Waals surface area contributed by atoms with Gasteiger partial charge >= 0.3 is 0 Å². The Morgan fingerprint density at radius 3 is 2.16 bits per heavy atom. The Balaban J connectivity index is 2.17. The molecule has 1 aliphatic heterocycles. The quantitative estimate of drug-likeness (QED) is 0.796. The van der Waals surface area contributed by atoms with E-state index in [4.69, 9.17) is 14.2 Å². The number of hydrogen-bond donors (Lipinski definition) is 1. The lowest BCUT2D eigenvalue weighted by Crippen LogP contribution is -2.46. The molecule has 1 N–H and O–H groups in total. The molecule has 2 rings (SSSR count). The van der Waals surface area contributed by atoms with E-state index in [-0.39, 0.29) is 11.9 Å². The predicted octanol–water partition coefficient (Wildman–Crippen LogP) is 0.866. The van der Waals surface area contributed by atoms with Crippen molar-refractivity contribution < 1.29 is 27.4 Å².